The molecular weight excluding hydrogens is 218 g/mol. The number of fused-ring (bicyclic) bond motifs is 1. The lowest BCUT2D eigenvalue weighted by Gasteiger charge is -2.31. The van der Waals surface area contributed by atoms with Gasteiger partial charge in [0, 0.05) is 29.4 Å². The predicted molar refractivity (Wildman–Crippen MR) is 66.9 cm³/mol. The molecule has 2 N–H and O–H groups in total. The number of hydrogen-bond acceptors (Lipinski definition) is 3. The molecule has 1 saturated heterocycles. The Bertz CT molecular complexity index is 357. The first-order valence-corrected chi connectivity index (χ1v) is 7.14. The quantitative estimate of drug-likeness (QED) is 0.858. The van der Waals surface area contributed by atoms with Crippen LogP contribution in [0.2, 0.25) is 0 Å². The predicted octanol–water partition coefficient (Wildman–Crippen LogP) is 2.53. The van der Waals surface area contributed by atoms with Gasteiger partial charge in [0.05, 0.1) is 6.61 Å². The van der Waals surface area contributed by atoms with Gasteiger partial charge in [-0.25, -0.2) is 0 Å². The Morgan fingerprint density at radius 1 is 1.44 bits per heavy atom. The number of rotatable bonds is 2. The SMILES string of the molecule is NC(C1CCOC1)C1CCCc2sccc21. The van der Waals surface area contributed by atoms with Crippen LogP contribution in [0.4, 0.5) is 0 Å². The van der Waals surface area contributed by atoms with E-state index in [0.29, 0.717) is 17.9 Å². The first kappa shape index (κ1) is 10.8. The normalized spacial score (nSPS) is 31.3. The van der Waals surface area contributed by atoms with Crippen LogP contribution in [0.25, 0.3) is 0 Å². The van der Waals surface area contributed by atoms with Crippen LogP contribution >= 0.6 is 11.3 Å². The second-order valence-corrected chi connectivity index (χ2v) is 6.00. The minimum absolute atomic E-state index is 0.302. The van der Waals surface area contributed by atoms with E-state index in [9.17, 15) is 0 Å². The third-order valence-corrected chi connectivity index (χ3v) is 5.07. The molecule has 3 atom stereocenters. The summed E-state index contributed by atoms with van der Waals surface area (Å²) in [5.41, 5.74) is 7.99. The van der Waals surface area contributed by atoms with Crippen LogP contribution < -0.4 is 5.73 Å². The first-order chi connectivity index (χ1) is 7.86. The van der Waals surface area contributed by atoms with Gasteiger partial charge < -0.3 is 10.5 Å². The summed E-state index contributed by atoms with van der Waals surface area (Å²) >= 11 is 1.90. The van der Waals surface area contributed by atoms with Gasteiger partial charge in [0.2, 0.25) is 0 Å². The Labute approximate surface area is 101 Å². The van der Waals surface area contributed by atoms with Crippen LogP contribution in [0.15, 0.2) is 11.4 Å². The summed E-state index contributed by atoms with van der Waals surface area (Å²) in [7, 11) is 0. The standard InChI is InChI=1S/C13H19NOS/c14-13(9-4-6-15-8-9)11-2-1-3-12-10(11)5-7-16-12/h5,7,9,11,13H,1-4,6,8,14H2. The Morgan fingerprint density at radius 3 is 3.19 bits per heavy atom. The number of thiophene rings is 1. The fraction of sp³-hybridized carbons (Fsp3) is 0.692. The molecular formula is C13H19NOS. The van der Waals surface area contributed by atoms with E-state index in [2.05, 4.69) is 11.4 Å². The molecule has 88 valence electrons. The zero-order valence-corrected chi connectivity index (χ0v) is 10.3. The summed E-state index contributed by atoms with van der Waals surface area (Å²) in [6.07, 6.45) is 4.98. The van der Waals surface area contributed by atoms with E-state index < -0.39 is 0 Å². The molecule has 1 aliphatic carbocycles. The van der Waals surface area contributed by atoms with Crippen molar-refractivity contribution in [1.29, 1.82) is 0 Å². The summed E-state index contributed by atoms with van der Waals surface area (Å²) < 4.78 is 5.46. The molecule has 1 aromatic rings. The van der Waals surface area contributed by atoms with Crippen molar-refractivity contribution < 1.29 is 4.74 Å². The molecule has 3 unspecified atom stereocenters. The van der Waals surface area contributed by atoms with Crippen molar-refractivity contribution in [2.45, 2.75) is 37.6 Å². The molecule has 0 bridgehead atoms. The van der Waals surface area contributed by atoms with E-state index in [0.717, 1.165) is 19.6 Å². The van der Waals surface area contributed by atoms with Gasteiger partial charge in [0.25, 0.3) is 0 Å². The Morgan fingerprint density at radius 2 is 2.38 bits per heavy atom. The van der Waals surface area contributed by atoms with Gasteiger partial charge >= 0.3 is 0 Å². The van der Waals surface area contributed by atoms with Crippen LogP contribution in [-0.2, 0) is 11.2 Å². The summed E-state index contributed by atoms with van der Waals surface area (Å²) in [5, 5.41) is 2.22. The van der Waals surface area contributed by atoms with Crippen molar-refractivity contribution in [3.63, 3.8) is 0 Å². The average Bonchev–Trinajstić information content (AvgIpc) is 2.98. The molecule has 2 nitrogen and oxygen atoms in total. The zero-order valence-electron chi connectivity index (χ0n) is 9.52. The van der Waals surface area contributed by atoms with E-state index in [-0.39, 0.29) is 0 Å². The third-order valence-electron chi connectivity index (χ3n) is 4.07. The highest BCUT2D eigenvalue weighted by Crippen LogP contribution is 2.39. The lowest BCUT2D eigenvalue weighted by atomic mass is 9.78. The van der Waals surface area contributed by atoms with E-state index in [1.807, 2.05) is 11.3 Å². The number of nitrogens with two attached hydrogens (primary N) is 1. The molecule has 3 rings (SSSR count). The van der Waals surface area contributed by atoms with Gasteiger partial charge in [-0.1, -0.05) is 0 Å². The van der Waals surface area contributed by atoms with Crippen molar-refractivity contribution in [2.75, 3.05) is 13.2 Å². The number of aryl methyl sites for hydroxylation is 1. The summed E-state index contributed by atoms with van der Waals surface area (Å²) in [4.78, 5) is 1.57. The molecule has 0 radical (unpaired) electrons. The monoisotopic (exact) mass is 237 g/mol. The zero-order chi connectivity index (χ0) is 11.0. The lowest BCUT2D eigenvalue weighted by Crippen LogP contribution is -2.37. The third kappa shape index (κ3) is 1.81. The summed E-state index contributed by atoms with van der Waals surface area (Å²) in [6, 6.07) is 2.59. The molecule has 1 aromatic heterocycles. The lowest BCUT2D eigenvalue weighted by molar-refractivity contribution is 0.176. The molecule has 3 heteroatoms. The Kier molecular flexibility index (Phi) is 3.01. The van der Waals surface area contributed by atoms with Gasteiger partial charge in [-0.3, -0.25) is 0 Å². The van der Waals surface area contributed by atoms with Crippen LogP contribution in [0, 0.1) is 5.92 Å². The summed E-state index contributed by atoms with van der Waals surface area (Å²) in [6.45, 7) is 1.78. The van der Waals surface area contributed by atoms with Gasteiger partial charge in [0.15, 0.2) is 0 Å². The largest absolute Gasteiger partial charge is 0.381 e. The first-order valence-electron chi connectivity index (χ1n) is 6.26. The second-order valence-electron chi connectivity index (χ2n) is 5.00. The van der Waals surface area contributed by atoms with E-state index >= 15 is 0 Å². The molecule has 0 aromatic carbocycles. The smallest absolute Gasteiger partial charge is 0.0510 e. The molecule has 2 heterocycles. The highest BCUT2D eigenvalue weighted by atomic mass is 32.1. The minimum atomic E-state index is 0.302. The molecule has 0 saturated carbocycles. The maximum absolute atomic E-state index is 6.45. The van der Waals surface area contributed by atoms with Crippen molar-refractivity contribution in [3.8, 4) is 0 Å². The molecule has 1 aliphatic heterocycles. The maximum Gasteiger partial charge on any atom is 0.0510 e. The van der Waals surface area contributed by atoms with E-state index in [1.54, 1.807) is 4.88 Å². The van der Waals surface area contributed by atoms with Crippen LogP contribution in [-0.4, -0.2) is 19.3 Å². The van der Waals surface area contributed by atoms with Gasteiger partial charge in [-0.15, -0.1) is 11.3 Å². The maximum atomic E-state index is 6.45. The highest BCUT2D eigenvalue weighted by Gasteiger charge is 2.33. The topological polar surface area (TPSA) is 35.2 Å². The molecule has 0 spiro atoms. The molecule has 16 heavy (non-hydrogen) atoms. The molecule has 1 fully saturated rings. The number of hydrogen-bond donors (Lipinski definition) is 1. The van der Waals surface area contributed by atoms with Crippen molar-refractivity contribution in [1.82, 2.24) is 0 Å². The molecule has 2 aliphatic rings. The summed E-state index contributed by atoms with van der Waals surface area (Å²) in [5.74, 6) is 1.16. The minimum Gasteiger partial charge on any atom is -0.381 e. The Hall–Kier alpha value is -0.380. The van der Waals surface area contributed by atoms with Gasteiger partial charge in [-0.05, 0) is 42.7 Å². The van der Waals surface area contributed by atoms with Gasteiger partial charge in [-0.2, -0.15) is 0 Å². The number of ether oxygens (including phenoxy) is 1. The second kappa shape index (κ2) is 4.47. The van der Waals surface area contributed by atoms with Gasteiger partial charge in [0.1, 0.15) is 0 Å². The van der Waals surface area contributed by atoms with Crippen LogP contribution in [0.3, 0.4) is 0 Å². The van der Waals surface area contributed by atoms with Crippen molar-refractivity contribution >= 4 is 11.3 Å². The van der Waals surface area contributed by atoms with Crippen molar-refractivity contribution in [2.24, 2.45) is 11.7 Å². The van der Waals surface area contributed by atoms with Crippen molar-refractivity contribution in [3.05, 3.63) is 21.9 Å². The highest BCUT2D eigenvalue weighted by molar-refractivity contribution is 7.10. The van der Waals surface area contributed by atoms with Crippen LogP contribution in [0.5, 0.6) is 0 Å². The van der Waals surface area contributed by atoms with E-state index in [1.165, 1.54) is 24.8 Å². The fourth-order valence-electron chi connectivity index (χ4n) is 3.11. The average molecular weight is 237 g/mol. The van der Waals surface area contributed by atoms with E-state index in [4.69, 9.17) is 10.5 Å². The fourth-order valence-corrected chi connectivity index (χ4v) is 4.10. The molecule has 0 amide bonds. The Balaban J connectivity index is 1.80. The van der Waals surface area contributed by atoms with Crippen LogP contribution in [0.1, 0.15) is 35.6 Å².